The predicted octanol–water partition coefficient (Wildman–Crippen LogP) is 5.45. The molecule has 1 saturated heterocycles. The van der Waals surface area contributed by atoms with E-state index >= 15 is 0 Å². The molecule has 214 valence electrons. The largest absolute Gasteiger partial charge is 0.490 e. The molecule has 3 rings (SSSR count). The van der Waals surface area contributed by atoms with Crippen LogP contribution in [0.25, 0.3) is 6.08 Å². The van der Waals surface area contributed by atoms with Gasteiger partial charge in [0.2, 0.25) is 0 Å². The molecule has 0 radical (unpaired) electrons. The number of amides is 4. The third-order valence-electron chi connectivity index (χ3n) is 5.88. The first-order valence-corrected chi connectivity index (χ1v) is 13.7. The molecule has 1 N–H and O–H groups in total. The Hall–Kier alpha value is -4.27. The molecule has 1 aliphatic rings. The van der Waals surface area contributed by atoms with Crippen LogP contribution in [0.1, 0.15) is 57.2 Å². The lowest BCUT2D eigenvalue weighted by Crippen LogP contribution is -2.53. The van der Waals surface area contributed by atoms with E-state index in [4.69, 9.17) is 18.9 Å². The molecule has 0 unspecified atom stereocenters. The SMILES string of the molecule is C=CCc1cc(/C=C2\C(=O)NC(=O)N(Cc3ccc(OCCC)c(OCC)c3)C2=O)cc(OCC)c1OCCC. The monoisotopic (exact) mass is 550 g/mol. The van der Waals surface area contributed by atoms with Gasteiger partial charge in [0.15, 0.2) is 23.0 Å². The van der Waals surface area contributed by atoms with Crippen molar-refractivity contribution in [2.24, 2.45) is 0 Å². The average Bonchev–Trinajstić information content (AvgIpc) is 2.93. The third kappa shape index (κ3) is 7.43. The zero-order valence-electron chi connectivity index (χ0n) is 23.7. The molecular weight excluding hydrogens is 512 g/mol. The highest BCUT2D eigenvalue weighted by Crippen LogP contribution is 2.35. The van der Waals surface area contributed by atoms with Crippen LogP contribution in [0.5, 0.6) is 23.0 Å². The Morgan fingerprint density at radius 1 is 0.850 bits per heavy atom. The number of barbiturate groups is 1. The van der Waals surface area contributed by atoms with Gasteiger partial charge < -0.3 is 18.9 Å². The number of rotatable bonds is 15. The van der Waals surface area contributed by atoms with E-state index in [2.05, 4.69) is 11.9 Å². The number of carbonyl (C=O) groups is 3. The smallest absolute Gasteiger partial charge is 0.331 e. The molecule has 0 bridgehead atoms. The van der Waals surface area contributed by atoms with E-state index < -0.39 is 17.8 Å². The maximum absolute atomic E-state index is 13.5. The molecular formula is C31H38N2O7. The number of hydrogen-bond donors (Lipinski definition) is 1. The van der Waals surface area contributed by atoms with Crippen LogP contribution in [-0.2, 0) is 22.6 Å². The number of allylic oxidation sites excluding steroid dienone is 1. The van der Waals surface area contributed by atoms with Gasteiger partial charge in [0, 0.05) is 5.56 Å². The van der Waals surface area contributed by atoms with Gasteiger partial charge in [-0.3, -0.25) is 19.8 Å². The normalized spacial score (nSPS) is 14.2. The van der Waals surface area contributed by atoms with Crippen molar-refractivity contribution < 1.29 is 33.3 Å². The van der Waals surface area contributed by atoms with Crippen molar-refractivity contribution in [2.75, 3.05) is 26.4 Å². The minimum atomic E-state index is -0.790. The van der Waals surface area contributed by atoms with Gasteiger partial charge in [-0.15, -0.1) is 6.58 Å². The van der Waals surface area contributed by atoms with Crippen LogP contribution in [0.2, 0.25) is 0 Å². The summed E-state index contributed by atoms with van der Waals surface area (Å²) in [4.78, 5) is 39.9. The molecule has 0 atom stereocenters. The molecule has 2 aromatic rings. The summed E-state index contributed by atoms with van der Waals surface area (Å²) in [7, 11) is 0. The third-order valence-corrected chi connectivity index (χ3v) is 5.88. The van der Waals surface area contributed by atoms with Crippen molar-refractivity contribution in [2.45, 2.75) is 53.5 Å². The fourth-order valence-electron chi connectivity index (χ4n) is 4.14. The number of carbonyl (C=O) groups excluding carboxylic acids is 3. The first kappa shape index (κ1) is 30.3. The zero-order valence-corrected chi connectivity index (χ0v) is 23.7. The van der Waals surface area contributed by atoms with E-state index in [9.17, 15) is 14.4 Å². The molecule has 0 spiro atoms. The Kier molecular flexibility index (Phi) is 11.2. The highest BCUT2D eigenvalue weighted by molar-refractivity contribution is 6.31. The molecule has 9 nitrogen and oxygen atoms in total. The van der Waals surface area contributed by atoms with Crippen LogP contribution in [-0.4, -0.2) is 49.2 Å². The zero-order chi connectivity index (χ0) is 29.1. The Balaban J connectivity index is 1.95. The summed E-state index contributed by atoms with van der Waals surface area (Å²) in [6, 6.07) is 8.01. The molecule has 9 heteroatoms. The van der Waals surface area contributed by atoms with Crippen molar-refractivity contribution in [1.82, 2.24) is 10.2 Å². The standard InChI is InChI=1S/C31H38N2O7/c1-6-11-23-16-22(19-27(38-10-5)28(23)40-15-8-3)17-24-29(34)32-31(36)33(30(24)35)20-21-12-13-25(39-14-7-2)26(18-21)37-9-4/h6,12-13,16-19H,1,7-11,14-15,20H2,2-5H3,(H,32,34,36)/b24-17+. The van der Waals surface area contributed by atoms with Crippen molar-refractivity contribution in [3.63, 3.8) is 0 Å². The summed E-state index contributed by atoms with van der Waals surface area (Å²) in [6.45, 7) is 13.4. The van der Waals surface area contributed by atoms with Gasteiger partial charge in [-0.05, 0) is 74.6 Å². The first-order valence-electron chi connectivity index (χ1n) is 13.7. The van der Waals surface area contributed by atoms with Gasteiger partial charge in [0.05, 0.1) is 33.0 Å². The highest BCUT2D eigenvalue weighted by Gasteiger charge is 2.36. The summed E-state index contributed by atoms with van der Waals surface area (Å²) in [5, 5.41) is 2.28. The van der Waals surface area contributed by atoms with E-state index in [1.165, 1.54) is 6.08 Å². The second-order valence-corrected chi connectivity index (χ2v) is 9.05. The molecule has 1 fully saturated rings. The van der Waals surface area contributed by atoms with E-state index in [0.717, 1.165) is 23.3 Å². The van der Waals surface area contributed by atoms with E-state index in [1.54, 1.807) is 30.3 Å². The van der Waals surface area contributed by atoms with Crippen LogP contribution in [0, 0.1) is 0 Å². The average molecular weight is 551 g/mol. The molecule has 40 heavy (non-hydrogen) atoms. The van der Waals surface area contributed by atoms with Gasteiger partial charge in [0.1, 0.15) is 5.57 Å². The number of urea groups is 1. The summed E-state index contributed by atoms with van der Waals surface area (Å²) in [5.41, 5.74) is 1.86. The predicted molar refractivity (Wildman–Crippen MR) is 153 cm³/mol. The van der Waals surface area contributed by atoms with Crippen LogP contribution in [0.3, 0.4) is 0 Å². The topological polar surface area (TPSA) is 103 Å². The summed E-state index contributed by atoms with van der Waals surface area (Å²) in [5.74, 6) is 0.760. The number of nitrogens with one attached hydrogen (secondary N) is 1. The summed E-state index contributed by atoms with van der Waals surface area (Å²) in [6.07, 6.45) is 5.37. The number of ether oxygens (including phenoxy) is 4. The second kappa shape index (κ2) is 14.8. The van der Waals surface area contributed by atoms with E-state index in [0.29, 0.717) is 67.0 Å². The maximum Gasteiger partial charge on any atom is 0.331 e. The maximum atomic E-state index is 13.5. The number of imide groups is 2. The molecule has 1 aliphatic heterocycles. The molecule has 0 saturated carbocycles. The van der Waals surface area contributed by atoms with Crippen LogP contribution >= 0.6 is 0 Å². The van der Waals surface area contributed by atoms with Crippen molar-refractivity contribution in [1.29, 1.82) is 0 Å². The van der Waals surface area contributed by atoms with Crippen molar-refractivity contribution in [3.05, 3.63) is 65.3 Å². The fraction of sp³-hybridized carbons (Fsp3) is 0.387. The molecule has 4 amide bonds. The van der Waals surface area contributed by atoms with Gasteiger partial charge in [-0.25, -0.2) is 4.79 Å². The number of benzene rings is 2. The molecule has 0 aliphatic carbocycles. The highest BCUT2D eigenvalue weighted by atomic mass is 16.5. The lowest BCUT2D eigenvalue weighted by molar-refractivity contribution is -0.130. The number of nitrogens with zero attached hydrogens (tertiary/aromatic N) is 1. The van der Waals surface area contributed by atoms with Crippen molar-refractivity contribution >= 4 is 23.9 Å². The van der Waals surface area contributed by atoms with Crippen molar-refractivity contribution in [3.8, 4) is 23.0 Å². The van der Waals surface area contributed by atoms with Gasteiger partial charge in [-0.1, -0.05) is 26.0 Å². The quantitative estimate of drug-likeness (QED) is 0.179. The minimum Gasteiger partial charge on any atom is -0.490 e. The van der Waals surface area contributed by atoms with E-state index in [-0.39, 0.29) is 12.1 Å². The fourth-order valence-corrected chi connectivity index (χ4v) is 4.14. The Morgan fingerprint density at radius 3 is 2.23 bits per heavy atom. The lowest BCUT2D eigenvalue weighted by atomic mass is 10.0. The Morgan fingerprint density at radius 2 is 1.55 bits per heavy atom. The molecule has 2 aromatic carbocycles. The first-order chi connectivity index (χ1) is 19.4. The Labute approximate surface area is 235 Å². The van der Waals surface area contributed by atoms with E-state index in [1.807, 2.05) is 33.8 Å². The summed E-state index contributed by atoms with van der Waals surface area (Å²) < 4.78 is 23.2. The summed E-state index contributed by atoms with van der Waals surface area (Å²) >= 11 is 0. The van der Waals surface area contributed by atoms with Crippen LogP contribution in [0.4, 0.5) is 4.79 Å². The minimum absolute atomic E-state index is 0.0564. The van der Waals surface area contributed by atoms with Gasteiger partial charge >= 0.3 is 6.03 Å². The molecule has 0 aromatic heterocycles. The van der Waals surface area contributed by atoms with Gasteiger partial charge in [-0.2, -0.15) is 0 Å². The van der Waals surface area contributed by atoms with Crippen LogP contribution < -0.4 is 24.3 Å². The lowest BCUT2D eigenvalue weighted by Gasteiger charge is -2.27. The Bertz CT molecular complexity index is 1270. The number of hydrogen-bond acceptors (Lipinski definition) is 7. The molecule has 1 heterocycles. The second-order valence-electron chi connectivity index (χ2n) is 9.05. The van der Waals surface area contributed by atoms with Gasteiger partial charge in [0.25, 0.3) is 11.8 Å². The van der Waals surface area contributed by atoms with Crippen LogP contribution in [0.15, 0.2) is 48.6 Å².